The van der Waals surface area contributed by atoms with Crippen molar-refractivity contribution in [3.8, 4) is 0 Å². The van der Waals surface area contributed by atoms with Gasteiger partial charge < -0.3 is 0 Å². The van der Waals surface area contributed by atoms with E-state index in [-0.39, 0.29) is 0 Å². The Labute approximate surface area is 102 Å². The van der Waals surface area contributed by atoms with Crippen LogP contribution in [-0.4, -0.2) is 10.4 Å². The zero-order valence-electron chi connectivity index (χ0n) is 7.22. The molecule has 16 heavy (non-hydrogen) atoms. The predicted octanol–water partition coefficient (Wildman–Crippen LogP) is 4.51. The highest BCUT2D eigenvalue weighted by Crippen LogP contribution is 2.45. The third-order valence-electron chi connectivity index (χ3n) is 1.41. The standard InChI is InChI=1S/C7H2Cl2F3NO2S/c8-4-1-3(13(14)15)2-5(9)6(4)16-7(10,11)12/h1-2H. The van der Waals surface area contributed by atoms with Gasteiger partial charge in [-0.05, 0) is 11.8 Å². The van der Waals surface area contributed by atoms with Crippen molar-refractivity contribution in [1.29, 1.82) is 0 Å². The summed E-state index contributed by atoms with van der Waals surface area (Å²) in [6.45, 7) is 0. The number of rotatable bonds is 2. The predicted molar refractivity (Wildman–Crippen MR) is 55.0 cm³/mol. The van der Waals surface area contributed by atoms with Gasteiger partial charge in [-0.2, -0.15) is 13.2 Å². The van der Waals surface area contributed by atoms with Crippen molar-refractivity contribution >= 4 is 40.7 Å². The summed E-state index contributed by atoms with van der Waals surface area (Å²) in [4.78, 5) is 9.13. The molecule has 0 aliphatic carbocycles. The normalized spacial score (nSPS) is 11.6. The molecule has 1 aromatic carbocycles. The van der Waals surface area contributed by atoms with Gasteiger partial charge in [-0.1, -0.05) is 23.2 Å². The van der Waals surface area contributed by atoms with Gasteiger partial charge in [0.1, 0.15) is 0 Å². The minimum Gasteiger partial charge on any atom is -0.258 e. The molecule has 0 saturated carbocycles. The Kier molecular flexibility index (Phi) is 3.92. The molecule has 0 saturated heterocycles. The van der Waals surface area contributed by atoms with Crippen molar-refractivity contribution < 1.29 is 18.1 Å². The van der Waals surface area contributed by atoms with E-state index in [1.165, 1.54) is 0 Å². The molecule has 0 amide bonds. The third kappa shape index (κ3) is 3.43. The van der Waals surface area contributed by atoms with Crippen LogP contribution >= 0.6 is 35.0 Å². The number of alkyl halides is 3. The lowest BCUT2D eigenvalue weighted by Crippen LogP contribution is -2.00. The number of nitro groups is 1. The molecule has 0 unspecified atom stereocenters. The number of nitro benzene ring substituents is 1. The van der Waals surface area contributed by atoms with Crippen LogP contribution in [0.15, 0.2) is 17.0 Å². The first kappa shape index (κ1) is 13.4. The Hall–Kier alpha value is -0.660. The molecule has 88 valence electrons. The summed E-state index contributed by atoms with van der Waals surface area (Å²) in [7, 11) is 0. The maximum absolute atomic E-state index is 12.1. The minimum atomic E-state index is -4.55. The second-order valence-electron chi connectivity index (χ2n) is 2.54. The Balaban J connectivity index is 3.18. The molecule has 1 aromatic rings. The Morgan fingerprint density at radius 3 is 2.00 bits per heavy atom. The molecule has 0 aromatic heterocycles. The van der Waals surface area contributed by atoms with Gasteiger partial charge in [-0.3, -0.25) is 10.1 Å². The second kappa shape index (κ2) is 4.68. The highest BCUT2D eigenvalue weighted by Gasteiger charge is 2.32. The lowest BCUT2D eigenvalue weighted by atomic mass is 10.3. The first-order valence-corrected chi connectivity index (χ1v) is 5.17. The van der Waals surface area contributed by atoms with E-state index in [1.54, 1.807) is 0 Å². The quantitative estimate of drug-likeness (QED) is 0.457. The lowest BCUT2D eigenvalue weighted by Gasteiger charge is -2.08. The molecule has 0 bridgehead atoms. The van der Waals surface area contributed by atoms with Crippen molar-refractivity contribution in [2.45, 2.75) is 10.4 Å². The van der Waals surface area contributed by atoms with Crippen molar-refractivity contribution in [3.63, 3.8) is 0 Å². The van der Waals surface area contributed by atoms with Gasteiger partial charge in [0.05, 0.1) is 19.9 Å². The molecule has 0 radical (unpaired) electrons. The maximum atomic E-state index is 12.1. The molecule has 0 aliphatic rings. The fraction of sp³-hybridized carbons (Fsp3) is 0.143. The monoisotopic (exact) mass is 291 g/mol. The van der Waals surface area contributed by atoms with Gasteiger partial charge in [0.2, 0.25) is 0 Å². The summed E-state index contributed by atoms with van der Waals surface area (Å²) >= 11 is 10.4. The highest BCUT2D eigenvalue weighted by molar-refractivity contribution is 8.00. The van der Waals surface area contributed by atoms with Crippen LogP contribution < -0.4 is 0 Å². The first-order valence-electron chi connectivity index (χ1n) is 3.60. The van der Waals surface area contributed by atoms with Gasteiger partial charge in [0, 0.05) is 12.1 Å². The van der Waals surface area contributed by atoms with Crippen LogP contribution in [0.5, 0.6) is 0 Å². The average Bonchev–Trinajstić information content (AvgIpc) is 2.09. The van der Waals surface area contributed by atoms with Crippen LogP contribution in [0.4, 0.5) is 18.9 Å². The van der Waals surface area contributed by atoms with Crippen LogP contribution in [0.2, 0.25) is 10.0 Å². The molecule has 0 spiro atoms. The van der Waals surface area contributed by atoms with E-state index < -0.39 is 42.8 Å². The maximum Gasteiger partial charge on any atom is 0.446 e. The third-order valence-corrected chi connectivity index (χ3v) is 3.11. The Bertz CT molecular complexity index is 415. The number of hydrogen-bond acceptors (Lipinski definition) is 3. The van der Waals surface area contributed by atoms with E-state index >= 15 is 0 Å². The van der Waals surface area contributed by atoms with Crippen molar-refractivity contribution in [1.82, 2.24) is 0 Å². The topological polar surface area (TPSA) is 43.1 Å². The molecule has 0 heterocycles. The number of non-ortho nitro benzene ring substituents is 1. The second-order valence-corrected chi connectivity index (χ2v) is 4.43. The van der Waals surface area contributed by atoms with Gasteiger partial charge >= 0.3 is 5.51 Å². The molecule has 0 aliphatic heterocycles. The molecule has 0 N–H and O–H groups in total. The first-order chi connectivity index (χ1) is 7.20. The van der Waals surface area contributed by atoms with Gasteiger partial charge in [0.25, 0.3) is 5.69 Å². The summed E-state index contributed by atoms with van der Waals surface area (Å²) in [6, 6.07) is 1.64. The Morgan fingerprint density at radius 2 is 1.69 bits per heavy atom. The number of thioether (sulfide) groups is 1. The number of nitrogens with zero attached hydrogens (tertiary/aromatic N) is 1. The summed E-state index contributed by atoms with van der Waals surface area (Å²) in [5.74, 6) is 0. The summed E-state index contributed by atoms with van der Waals surface area (Å²) < 4.78 is 36.2. The molecule has 1 rings (SSSR count). The SMILES string of the molecule is O=[N+]([O-])c1cc(Cl)c(SC(F)(F)F)c(Cl)c1. The molecule has 9 heteroatoms. The lowest BCUT2D eigenvalue weighted by molar-refractivity contribution is -0.384. The van der Waals surface area contributed by atoms with Crippen LogP contribution in [-0.2, 0) is 0 Å². The van der Waals surface area contributed by atoms with E-state index in [0.29, 0.717) is 0 Å². The summed E-state index contributed by atoms with van der Waals surface area (Å²) in [6.07, 6.45) is 0. The smallest absolute Gasteiger partial charge is 0.258 e. The van der Waals surface area contributed by atoms with E-state index in [9.17, 15) is 23.3 Å². The molecule has 0 atom stereocenters. The van der Waals surface area contributed by atoms with Gasteiger partial charge in [0.15, 0.2) is 0 Å². The summed E-state index contributed by atoms with van der Waals surface area (Å²) in [5.41, 5.74) is -5.01. The fourth-order valence-electron chi connectivity index (χ4n) is 0.865. The van der Waals surface area contributed by atoms with E-state index in [1.807, 2.05) is 0 Å². The van der Waals surface area contributed by atoms with Crippen molar-refractivity contribution in [2.24, 2.45) is 0 Å². The van der Waals surface area contributed by atoms with E-state index in [0.717, 1.165) is 12.1 Å². The highest BCUT2D eigenvalue weighted by atomic mass is 35.5. The zero-order chi connectivity index (χ0) is 12.5. The van der Waals surface area contributed by atoms with Crippen molar-refractivity contribution in [2.75, 3.05) is 0 Å². The van der Waals surface area contributed by atoms with Crippen LogP contribution in [0.1, 0.15) is 0 Å². The number of benzene rings is 1. The van der Waals surface area contributed by atoms with Crippen LogP contribution in [0.25, 0.3) is 0 Å². The minimum absolute atomic E-state index is 0.401. The van der Waals surface area contributed by atoms with Crippen molar-refractivity contribution in [3.05, 3.63) is 32.3 Å². The fourth-order valence-corrected chi connectivity index (χ4v) is 2.12. The van der Waals surface area contributed by atoms with Gasteiger partial charge in [-0.15, -0.1) is 0 Å². The molecule has 0 fully saturated rings. The van der Waals surface area contributed by atoms with Crippen LogP contribution in [0, 0.1) is 10.1 Å². The summed E-state index contributed by atoms with van der Waals surface area (Å²) in [5, 5.41) is 9.56. The van der Waals surface area contributed by atoms with E-state index in [2.05, 4.69) is 0 Å². The number of hydrogen-bond donors (Lipinski definition) is 0. The largest absolute Gasteiger partial charge is 0.446 e. The molecular weight excluding hydrogens is 290 g/mol. The molecular formula is C7H2Cl2F3NO2S. The average molecular weight is 292 g/mol. The Morgan fingerprint density at radius 1 is 1.25 bits per heavy atom. The van der Waals surface area contributed by atoms with E-state index in [4.69, 9.17) is 23.2 Å². The number of halogens is 5. The van der Waals surface area contributed by atoms with Gasteiger partial charge in [-0.25, -0.2) is 0 Å². The zero-order valence-corrected chi connectivity index (χ0v) is 9.54. The molecule has 3 nitrogen and oxygen atoms in total. The van der Waals surface area contributed by atoms with Crippen LogP contribution in [0.3, 0.4) is 0 Å².